The Kier molecular flexibility index (Phi) is 5.74. The van der Waals surface area contributed by atoms with Crippen LogP contribution in [0.25, 0.3) is 16.9 Å². The fourth-order valence-corrected chi connectivity index (χ4v) is 2.87. The number of nitrogens with zero attached hydrogens (tertiary/aromatic N) is 3. The van der Waals surface area contributed by atoms with Gasteiger partial charge in [-0.3, -0.25) is 4.79 Å². The highest BCUT2D eigenvalue weighted by Gasteiger charge is 2.15. The number of amides is 1. The molecule has 27 heavy (non-hydrogen) atoms. The fraction of sp³-hybridized carbons (Fsp3) is 0.381. The third-order valence-electron chi connectivity index (χ3n) is 4.44. The third kappa shape index (κ3) is 4.27. The Balaban J connectivity index is 1.85. The zero-order chi connectivity index (χ0) is 19.4. The normalized spacial score (nSPS) is 11.1. The first kappa shape index (κ1) is 18.9. The Morgan fingerprint density at radius 1 is 1.26 bits per heavy atom. The van der Waals surface area contributed by atoms with E-state index in [2.05, 4.69) is 29.2 Å². The first-order valence-electron chi connectivity index (χ1n) is 9.36. The average molecular weight is 366 g/mol. The topological polar surface area (TPSA) is 68.5 Å². The molecule has 0 radical (unpaired) electrons. The van der Waals surface area contributed by atoms with Gasteiger partial charge in [-0.25, -0.2) is 9.50 Å². The molecule has 0 aliphatic heterocycles. The molecule has 0 saturated carbocycles. The van der Waals surface area contributed by atoms with Gasteiger partial charge in [0.1, 0.15) is 5.75 Å². The van der Waals surface area contributed by atoms with E-state index in [1.54, 1.807) is 10.7 Å². The van der Waals surface area contributed by atoms with Crippen molar-refractivity contribution in [3.8, 4) is 17.0 Å². The van der Waals surface area contributed by atoms with Gasteiger partial charge in [0.15, 0.2) is 5.65 Å². The second kappa shape index (κ2) is 8.20. The molecule has 0 aliphatic carbocycles. The van der Waals surface area contributed by atoms with Crippen molar-refractivity contribution in [1.82, 2.24) is 19.9 Å². The SMILES string of the molecule is CCOc1ccc(-c2cc3ncc(C(=O)NCCC(C)C)c(C)n3n2)cc1. The predicted octanol–water partition coefficient (Wildman–Crippen LogP) is 3.88. The van der Waals surface area contributed by atoms with Crippen molar-refractivity contribution in [3.63, 3.8) is 0 Å². The molecule has 1 aromatic carbocycles. The second-order valence-corrected chi connectivity index (χ2v) is 6.95. The third-order valence-corrected chi connectivity index (χ3v) is 4.44. The molecule has 3 rings (SSSR count). The molecule has 2 heterocycles. The standard InChI is InChI=1S/C21H26N4O2/c1-5-27-17-8-6-16(7-9-17)19-12-20-23-13-18(15(4)25(20)24-19)21(26)22-11-10-14(2)3/h6-9,12-14H,5,10-11H2,1-4H3,(H,22,26). The van der Waals surface area contributed by atoms with Crippen molar-refractivity contribution < 1.29 is 9.53 Å². The minimum atomic E-state index is -0.110. The molecule has 0 bridgehead atoms. The number of carbonyl (C=O) groups is 1. The highest BCUT2D eigenvalue weighted by molar-refractivity contribution is 5.95. The van der Waals surface area contributed by atoms with Gasteiger partial charge in [-0.05, 0) is 50.5 Å². The van der Waals surface area contributed by atoms with E-state index >= 15 is 0 Å². The minimum Gasteiger partial charge on any atom is -0.494 e. The number of ether oxygens (including phenoxy) is 1. The molecule has 3 aromatic rings. The van der Waals surface area contributed by atoms with Crippen molar-refractivity contribution in [1.29, 1.82) is 0 Å². The first-order chi connectivity index (χ1) is 13.0. The predicted molar refractivity (Wildman–Crippen MR) is 106 cm³/mol. The lowest BCUT2D eigenvalue weighted by atomic mass is 10.1. The van der Waals surface area contributed by atoms with Gasteiger partial charge in [-0.2, -0.15) is 5.10 Å². The van der Waals surface area contributed by atoms with Crippen LogP contribution in [0.1, 0.15) is 43.2 Å². The second-order valence-electron chi connectivity index (χ2n) is 6.95. The lowest BCUT2D eigenvalue weighted by Crippen LogP contribution is -2.26. The van der Waals surface area contributed by atoms with Crippen LogP contribution in [-0.2, 0) is 0 Å². The van der Waals surface area contributed by atoms with Crippen molar-refractivity contribution in [3.05, 3.63) is 47.8 Å². The van der Waals surface area contributed by atoms with Crippen molar-refractivity contribution in [2.24, 2.45) is 5.92 Å². The molecule has 142 valence electrons. The van der Waals surface area contributed by atoms with E-state index in [0.29, 0.717) is 24.6 Å². The Labute approximate surface area is 159 Å². The van der Waals surface area contributed by atoms with Gasteiger partial charge >= 0.3 is 0 Å². The Bertz CT molecular complexity index is 929. The van der Waals surface area contributed by atoms with Gasteiger partial charge in [0.25, 0.3) is 5.91 Å². The van der Waals surface area contributed by atoms with Gasteiger partial charge in [0, 0.05) is 24.4 Å². The number of aromatic nitrogens is 3. The van der Waals surface area contributed by atoms with Crippen LogP contribution in [0.5, 0.6) is 5.75 Å². The maximum atomic E-state index is 12.5. The van der Waals surface area contributed by atoms with Crippen molar-refractivity contribution in [2.75, 3.05) is 13.2 Å². The molecule has 0 atom stereocenters. The molecule has 0 saturated heterocycles. The molecule has 0 fully saturated rings. The lowest BCUT2D eigenvalue weighted by molar-refractivity contribution is 0.0950. The largest absolute Gasteiger partial charge is 0.494 e. The number of benzene rings is 1. The number of hydrogen-bond acceptors (Lipinski definition) is 4. The van der Waals surface area contributed by atoms with Gasteiger partial charge in [0.2, 0.25) is 0 Å². The van der Waals surface area contributed by atoms with Crippen molar-refractivity contribution in [2.45, 2.75) is 34.1 Å². The van der Waals surface area contributed by atoms with Gasteiger partial charge in [0.05, 0.1) is 23.6 Å². The van der Waals surface area contributed by atoms with Crippen LogP contribution in [0.2, 0.25) is 0 Å². The minimum absolute atomic E-state index is 0.110. The molecule has 0 spiro atoms. The van der Waals surface area contributed by atoms with Crippen LogP contribution < -0.4 is 10.1 Å². The van der Waals surface area contributed by atoms with Gasteiger partial charge < -0.3 is 10.1 Å². The van der Waals surface area contributed by atoms with E-state index in [1.807, 2.05) is 44.2 Å². The Hall–Kier alpha value is -2.89. The van der Waals surface area contributed by atoms with Crippen LogP contribution in [0, 0.1) is 12.8 Å². The van der Waals surface area contributed by atoms with Gasteiger partial charge in [-0.15, -0.1) is 0 Å². The summed E-state index contributed by atoms with van der Waals surface area (Å²) in [5, 5.41) is 7.60. The summed E-state index contributed by atoms with van der Waals surface area (Å²) in [6.07, 6.45) is 2.57. The molecule has 6 nitrogen and oxygen atoms in total. The number of rotatable bonds is 7. The van der Waals surface area contributed by atoms with Crippen LogP contribution in [0.15, 0.2) is 36.5 Å². The highest BCUT2D eigenvalue weighted by Crippen LogP contribution is 2.23. The Morgan fingerprint density at radius 2 is 2.00 bits per heavy atom. The first-order valence-corrected chi connectivity index (χ1v) is 9.36. The number of nitrogens with one attached hydrogen (secondary N) is 1. The number of aryl methyl sites for hydroxylation is 1. The summed E-state index contributed by atoms with van der Waals surface area (Å²) >= 11 is 0. The summed E-state index contributed by atoms with van der Waals surface area (Å²) in [5.74, 6) is 1.27. The van der Waals surface area contributed by atoms with Gasteiger partial charge in [-0.1, -0.05) is 13.8 Å². The summed E-state index contributed by atoms with van der Waals surface area (Å²) in [6.45, 7) is 9.42. The van der Waals surface area contributed by atoms with E-state index in [0.717, 1.165) is 34.8 Å². The summed E-state index contributed by atoms with van der Waals surface area (Å²) < 4.78 is 7.21. The van der Waals surface area contributed by atoms with Crippen LogP contribution in [0.3, 0.4) is 0 Å². The van der Waals surface area contributed by atoms with Crippen molar-refractivity contribution >= 4 is 11.6 Å². The Morgan fingerprint density at radius 3 is 2.67 bits per heavy atom. The molecule has 0 aliphatic rings. The average Bonchev–Trinajstić information content (AvgIpc) is 3.08. The van der Waals surface area contributed by atoms with Crippen LogP contribution >= 0.6 is 0 Å². The fourth-order valence-electron chi connectivity index (χ4n) is 2.87. The monoisotopic (exact) mass is 366 g/mol. The molecule has 2 aromatic heterocycles. The lowest BCUT2D eigenvalue weighted by Gasteiger charge is -2.09. The molecule has 1 amide bonds. The highest BCUT2D eigenvalue weighted by atomic mass is 16.5. The van der Waals surface area contributed by atoms with E-state index in [4.69, 9.17) is 4.74 Å². The number of carbonyl (C=O) groups excluding carboxylic acids is 1. The molecule has 1 N–H and O–H groups in total. The summed E-state index contributed by atoms with van der Waals surface area (Å²) in [5.41, 5.74) is 3.83. The maximum Gasteiger partial charge on any atom is 0.254 e. The number of fused-ring (bicyclic) bond motifs is 1. The zero-order valence-electron chi connectivity index (χ0n) is 16.3. The summed E-state index contributed by atoms with van der Waals surface area (Å²) in [4.78, 5) is 16.9. The van der Waals surface area contributed by atoms with E-state index < -0.39 is 0 Å². The van der Waals surface area contributed by atoms with Crippen LogP contribution in [0.4, 0.5) is 0 Å². The number of hydrogen-bond donors (Lipinski definition) is 1. The summed E-state index contributed by atoms with van der Waals surface area (Å²) in [7, 11) is 0. The van der Waals surface area contributed by atoms with E-state index in [9.17, 15) is 4.79 Å². The van der Waals surface area contributed by atoms with E-state index in [-0.39, 0.29) is 5.91 Å². The molecule has 6 heteroatoms. The molecule has 0 unspecified atom stereocenters. The smallest absolute Gasteiger partial charge is 0.254 e. The molecular formula is C21H26N4O2. The summed E-state index contributed by atoms with van der Waals surface area (Å²) in [6, 6.07) is 9.72. The maximum absolute atomic E-state index is 12.5. The quantitative estimate of drug-likeness (QED) is 0.689. The van der Waals surface area contributed by atoms with Crippen LogP contribution in [-0.4, -0.2) is 33.7 Å². The van der Waals surface area contributed by atoms with E-state index in [1.165, 1.54) is 0 Å². The zero-order valence-corrected chi connectivity index (χ0v) is 16.3. The molecular weight excluding hydrogens is 340 g/mol.